The first-order chi connectivity index (χ1) is 9.06. The molecular weight excluding hydrogens is 346 g/mol. The fourth-order valence-electron chi connectivity index (χ4n) is 1.58. The van der Waals surface area contributed by atoms with Gasteiger partial charge in [0, 0.05) is 10.0 Å². The topological polar surface area (TPSA) is 35.2 Å². The van der Waals surface area contributed by atoms with Gasteiger partial charge in [0.15, 0.2) is 0 Å². The third-order valence-electron chi connectivity index (χ3n) is 2.50. The molecule has 2 aromatic rings. The monoisotopic (exact) mass is 355 g/mol. The highest BCUT2D eigenvalue weighted by Gasteiger charge is 2.05. The summed E-state index contributed by atoms with van der Waals surface area (Å²) in [6.45, 7) is 0.474. The number of rotatable bonds is 4. The van der Waals surface area contributed by atoms with Crippen LogP contribution in [0.1, 0.15) is 11.1 Å². The van der Waals surface area contributed by atoms with Gasteiger partial charge in [0.1, 0.15) is 17.3 Å². The normalized spacial score (nSPS) is 10.2. The highest BCUT2D eigenvalue weighted by molar-refractivity contribution is 9.10. The van der Waals surface area contributed by atoms with Crippen LogP contribution in [0.5, 0.6) is 5.75 Å². The van der Waals surface area contributed by atoms with E-state index < -0.39 is 0 Å². The van der Waals surface area contributed by atoms with Crippen LogP contribution in [-0.4, -0.2) is 4.99 Å². The second kappa shape index (κ2) is 6.37. The van der Waals surface area contributed by atoms with Gasteiger partial charge < -0.3 is 10.5 Å². The molecular formula is C14H11BrClNOS. The summed E-state index contributed by atoms with van der Waals surface area (Å²) in [4.78, 5) is 0.281. The van der Waals surface area contributed by atoms with Gasteiger partial charge in [-0.3, -0.25) is 0 Å². The molecule has 0 atom stereocenters. The minimum atomic E-state index is 0.281. The van der Waals surface area contributed by atoms with Crippen molar-refractivity contribution in [3.8, 4) is 5.75 Å². The Morgan fingerprint density at radius 3 is 2.68 bits per heavy atom. The van der Waals surface area contributed by atoms with E-state index in [1.54, 1.807) is 18.2 Å². The zero-order valence-electron chi connectivity index (χ0n) is 9.90. The molecule has 0 saturated carbocycles. The maximum absolute atomic E-state index is 6.08. The molecule has 0 aromatic heterocycles. The van der Waals surface area contributed by atoms with Crippen molar-refractivity contribution in [2.75, 3.05) is 0 Å². The summed E-state index contributed by atoms with van der Waals surface area (Å²) < 4.78 is 6.70. The van der Waals surface area contributed by atoms with Gasteiger partial charge in [-0.25, -0.2) is 0 Å². The first kappa shape index (κ1) is 14.3. The van der Waals surface area contributed by atoms with Crippen LogP contribution in [0.15, 0.2) is 46.9 Å². The van der Waals surface area contributed by atoms with Gasteiger partial charge in [-0.1, -0.05) is 51.9 Å². The van der Waals surface area contributed by atoms with Gasteiger partial charge in [-0.05, 0) is 35.9 Å². The van der Waals surface area contributed by atoms with E-state index in [2.05, 4.69) is 15.9 Å². The summed E-state index contributed by atoms with van der Waals surface area (Å²) in [7, 11) is 0. The van der Waals surface area contributed by atoms with Gasteiger partial charge >= 0.3 is 0 Å². The Labute approximate surface area is 130 Å². The number of hydrogen-bond acceptors (Lipinski definition) is 2. The van der Waals surface area contributed by atoms with E-state index in [0.29, 0.717) is 22.9 Å². The third kappa shape index (κ3) is 3.93. The van der Waals surface area contributed by atoms with Crippen molar-refractivity contribution in [2.24, 2.45) is 5.73 Å². The van der Waals surface area contributed by atoms with E-state index in [9.17, 15) is 0 Å². The molecule has 0 amide bonds. The molecule has 0 spiro atoms. The molecule has 0 saturated heterocycles. The third-order valence-corrected chi connectivity index (χ3v) is 3.53. The summed E-state index contributed by atoms with van der Waals surface area (Å²) in [6, 6.07) is 13.2. The van der Waals surface area contributed by atoms with Gasteiger partial charge in [-0.2, -0.15) is 0 Å². The predicted molar refractivity (Wildman–Crippen MR) is 85.8 cm³/mol. The van der Waals surface area contributed by atoms with E-state index in [4.69, 9.17) is 34.3 Å². The molecule has 0 unspecified atom stereocenters. The summed E-state index contributed by atoms with van der Waals surface area (Å²) in [5, 5.41) is 0.499. The molecule has 0 bridgehead atoms. The van der Waals surface area contributed by atoms with Gasteiger partial charge in [0.05, 0.1) is 5.02 Å². The van der Waals surface area contributed by atoms with E-state index in [-0.39, 0.29) is 4.99 Å². The SMILES string of the molecule is NC(=S)c1ccc(OCc2cccc(Br)c2)cc1Cl. The number of nitrogens with two attached hydrogens (primary N) is 1. The summed E-state index contributed by atoms with van der Waals surface area (Å²) >= 11 is 14.4. The second-order valence-corrected chi connectivity index (χ2v) is 5.69. The molecule has 2 N–H and O–H groups in total. The smallest absolute Gasteiger partial charge is 0.121 e. The number of ether oxygens (including phenoxy) is 1. The number of halogens is 2. The first-order valence-corrected chi connectivity index (χ1v) is 7.11. The quantitative estimate of drug-likeness (QED) is 0.829. The lowest BCUT2D eigenvalue weighted by atomic mass is 10.2. The molecule has 2 aromatic carbocycles. The number of hydrogen-bond donors (Lipinski definition) is 1. The molecule has 0 aliphatic heterocycles. The van der Waals surface area contributed by atoms with Crippen LogP contribution in [-0.2, 0) is 6.61 Å². The molecule has 0 aliphatic carbocycles. The number of benzene rings is 2. The zero-order valence-corrected chi connectivity index (χ0v) is 13.1. The molecule has 19 heavy (non-hydrogen) atoms. The summed E-state index contributed by atoms with van der Waals surface area (Å²) in [5.74, 6) is 0.685. The molecule has 0 aliphatic rings. The fraction of sp³-hybridized carbons (Fsp3) is 0.0714. The Kier molecular flexibility index (Phi) is 4.80. The Hall–Kier alpha value is -1.10. The lowest BCUT2D eigenvalue weighted by Crippen LogP contribution is -2.09. The lowest BCUT2D eigenvalue weighted by molar-refractivity contribution is 0.306. The van der Waals surface area contributed by atoms with E-state index in [1.807, 2.05) is 24.3 Å². The molecule has 0 radical (unpaired) electrons. The van der Waals surface area contributed by atoms with E-state index in [0.717, 1.165) is 10.0 Å². The molecule has 2 rings (SSSR count). The number of thiocarbonyl (C=S) groups is 1. The van der Waals surface area contributed by atoms with E-state index >= 15 is 0 Å². The van der Waals surface area contributed by atoms with Crippen LogP contribution < -0.4 is 10.5 Å². The van der Waals surface area contributed by atoms with Crippen molar-refractivity contribution in [2.45, 2.75) is 6.61 Å². The van der Waals surface area contributed by atoms with Crippen molar-refractivity contribution in [1.82, 2.24) is 0 Å². The van der Waals surface area contributed by atoms with Crippen LogP contribution in [0.3, 0.4) is 0 Å². The Morgan fingerprint density at radius 1 is 1.26 bits per heavy atom. The van der Waals surface area contributed by atoms with Crippen LogP contribution in [0.4, 0.5) is 0 Å². The second-order valence-electron chi connectivity index (χ2n) is 3.92. The standard InChI is InChI=1S/C14H11BrClNOS/c15-10-3-1-2-9(6-10)8-18-11-4-5-12(14(17)19)13(16)7-11/h1-7H,8H2,(H2,17,19). The van der Waals surface area contributed by atoms with Crippen molar-refractivity contribution >= 4 is 44.7 Å². The Bertz CT molecular complexity index is 618. The van der Waals surface area contributed by atoms with Crippen molar-refractivity contribution in [3.05, 3.63) is 63.1 Å². The van der Waals surface area contributed by atoms with Crippen LogP contribution in [0.2, 0.25) is 5.02 Å². The maximum Gasteiger partial charge on any atom is 0.121 e. The minimum absolute atomic E-state index is 0.281. The van der Waals surface area contributed by atoms with Crippen LogP contribution in [0, 0.1) is 0 Å². The summed E-state index contributed by atoms with van der Waals surface area (Å²) in [5.41, 5.74) is 7.28. The maximum atomic E-state index is 6.08. The van der Waals surface area contributed by atoms with Crippen molar-refractivity contribution < 1.29 is 4.74 Å². The highest BCUT2D eigenvalue weighted by atomic mass is 79.9. The average molecular weight is 357 g/mol. The molecule has 5 heteroatoms. The highest BCUT2D eigenvalue weighted by Crippen LogP contribution is 2.23. The molecule has 0 fully saturated rings. The minimum Gasteiger partial charge on any atom is -0.489 e. The first-order valence-electron chi connectivity index (χ1n) is 5.53. The van der Waals surface area contributed by atoms with Gasteiger partial charge in [0.25, 0.3) is 0 Å². The van der Waals surface area contributed by atoms with Gasteiger partial charge in [0.2, 0.25) is 0 Å². The molecule has 2 nitrogen and oxygen atoms in total. The summed E-state index contributed by atoms with van der Waals surface area (Å²) in [6.07, 6.45) is 0. The van der Waals surface area contributed by atoms with Crippen LogP contribution in [0.25, 0.3) is 0 Å². The largest absolute Gasteiger partial charge is 0.489 e. The van der Waals surface area contributed by atoms with Crippen molar-refractivity contribution in [1.29, 1.82) is 0 Å². The lowest BCUT2D eigenvalue weighted by Gasteiger charge is -2.09. The van der Waals surface area contributed by atoms with Gasteiger partial charge in [-0.15, -0.1) is 0 Å². The van der Waals surface area contributed by atoms with E-state index in [1.165, 1.54) is 0 Å². The zero-order chi connectivity index (χ0) is 13.8. The fourth-order valence-corrected chi connectivity index (χ4v) is 2.53. The predicted octanol–water partition coefficient (Wildman–Crippen LogP) is 4.32. The average Bonchev–Trinajstić information content (AvgIpc) is 2.36. The van der Waals surface area contributed by atoms with Crippen LogP contribution >= 0.6 is 39.7 Å². The van der Waals surface area contributed by atoms with Crippen molar-refractivity contribution in [3.63, 3.8) is 0 Å². The molecule has 98 valence electrons. The molecule has 0 heterocycles. The Balaban J connectivity index is 2.08. The Morgan fingerprint density at radius 2 is 2.05 bits per heavy atom.